The molecular weight excluding hydrogens is 314 g/mol. The molecule has 1 aliphatic heterocycles. The van der Waals surface area contributed by atoms with Gasteiger partial charge in [0.05, 0.1) is 5.69 Å². The number of hydrogen-bond donors (Lipinski definition) is 1. The Kier molecular flexibility index (Phi) is 4.53. The van der Waals surface area contributed by atoms with Crippen molar-refractivity contribution < 1.29 is 4.79 Å². The molecule has 0 aromatic carbocycles. The number of carbonyl (C=O) groups is 1. The van der Waals surface area contributed by atoms with Gasteiger partial charge in [-0.05, 0) is 37.5 Å². The molecule has 25 heavy (non-hydrogen) atoms. The maximum Gasteiger partial charge on any atom is 0.226 e. The second-order valence-corrected chi connectivity index (χ2v) is 7.14. The van der Waals surface area contributed by atoms with Crippen molar-refractivity contribution in [3.8, 4) is 0 Å². The summed E-state index contributed by atoms with van der Waals surface area (Å²) in [5.74, 6) is 1.39. The quantitative estimate of drug-likeness (QED) is 0.922. The van der Waals surface area contributed by atoms with Crippen molar-refractivity contribution in [3.05, 3.63) is 47.3 Å². The Morgan fingerprint density at radius 2 is 2.00 bits per heavy atom. The van der Waals surface area contributed by atoms with E-state index in [9.17, 15) is 4.79 Å². The van der Waals surface area contributed by atoms with E-state index in [1.807, 2.05) is 19.3 Å². The predicted octanol–water partition coefficient (Wildman–Crippen LogP) is 1.56. The minimum Gasteiger partial charge on any atom is -0.346 e. The lowest BCUT2D eigenvalue weighted by atomic mass is 9.88. The van der Waals surface area contributed by atoms with Gasteiger partial charge in [0.1, 0.15) is 5.82 Å². The lowest BCUT2D eigenvalue weighted by Crippen LogP contribution is -2.50. The zero-order valence-corrected chi connectivity index (χ0v) is 14.7. The number of piperazine rings is 1. The molecule has 6 heteroatoms. The molecule has 1 N–H and O–H groups in total. The number of amides is 1. The van der Waals surface area contributed by atoms with Crippen LogP contribution in [0, 0.1) is 12.8 Å². The number of H-pyrrole nitrogens is 1. The molecule has 2 aromatic rings. The predicted molar refractivity (Wildman–Crippen MR) is 94.9 cm³/mol. The monoisotopic (exact) mass is 339 g/mol. The molecule has 0 spiro atoms. The third-order valence-corrected chi connectivity index (χ3v) is 5.35. The lowest BCUT2D eigenvalue weighted by Gasteiger charge is -2.37. The third-order valence-electron chi connectivity index (χ3n) is 5.35. The van der Waals surface area contributed by atoms with Gasteiger partial charge in [0, 0.05) is 63.2 Å². The van der Waals surface area contributed by atoms with Crippen LogP contribution >= 0.6 is 0 Å². The first-order valence-corrected chi connectivity index (χ1v) is 9.13. The summed E-state index contributed by atoms with van der Waals surface area (Å²) in [4.78, 5) is 29.3. The highest BCUT2D eigenvalue weighted by molar-refractivity contribution is 5.79. The summed E-state index contributed by atoms with van der Waals surface area (Å²) in [7, 11) is 0. The highest BCUT2D eigenvalue weighted by Gasteiger charge is 2.31. The number of nitrogens with one attached hydrogen (secondary N) is 1. The van der Waals surface area contributed by atoms with Gasteiger partial charge in [-0.1, -0.05) is 0 Å². The van der Waals surface area contributed by atoms with E-state index in [4.69, 9.17) is 0 Å². The number of aromatic amines is 1. The molecule has 2 aromatic heterocycles. The van der Waals surface area contributed by atoms with E-state index in [2.05, 4.69) is 36.9 Å². The summed E-state index contributed by atoms with van der Waals surface area (Å²) in [6.45, 7) is 6.46. The average Bonchev–Trinajstić information content (AvgIpc) is 3.02. The van der Waals surface area contributed by atoms with Gasteiger partial charge >= 0.3 is 0 Å². The zero-order chi connectivity index (χ0) is 17.2. The Morgan fingerprint density at radius 1 is 1.24 bits per heavy atom. The van der Waals surface area contributed by atoms with Crippen LogP contribution in [0.4, 0.5) is 0 Å². The number of nitrogens with zero attached hydrogens (tertiary/aromatic N) is 4. The van der Waals surface area contributed by atoms with Gasteiger partial charge in [0.25, 0.3) is 0 Å². The van der Waals surface area contributed by atoms with Crippen molar-refractivity contribution >= 4 is 5.91 Å². The normalized spacial score (nSPS) is 21.2. The van der Waals surface area contributed by atoms with Crippen LogP contribution < -0.4 is 0 Å². The van der Waals surface area contributed by atoms with Crippen LogP contribution in [0.15, 0.2) is 24.5 Å². The zero-order valence-electron chi connectivity index (χ0n) is 14.7. The van der Waals surface area contributed by atoms with E-state index >= 15 is 0 Å². The topological polar surface area (TPSA) is 65.1 Å². The van der Waals surface area contributed by atoms with Crippen LogP contribution in [0.3, 0.4) is 0 Å². The average molecular weight is 339 g/mol. The van der Waals surface area contributed by atoms with Crippen molar-refractivity contribution in [2.45, 2.75) is 32.7 Å². The molecule has 1 aliphatic carbocycles. The van der Waals surface area contributed by atoms with E-state index < -0.39 is 0 Å². The molecule has 6 nitrogen and oxygen atoms in total. The Labute approximate surface area is 148 Å². The van der Waals surface area contributed by atoms with Crippen LogP contribution in [0.25, 0.3) is 0 Å². The van der Waals surface area contributed by atoms with Crippen molar-refractivity contribution in [2.24, 2.45) is 5.92 Å². The Hall–Kier alpha value is -2.21. The van der Waals surface area contributed by atoms with E-state index in [1.54, 1.807) is 0 Å². The fourth-order valence-electron chi connectivity index (χ4n) is 3.97. The van der Waals surface area contributed by atoms with Crippen molar-refractivity contribution in [1.29, 1.82) is 0 Å². The van der Waals surface area contributed by atoms with Crippen LogP contribution in [-0.2, 0) is 24.2 Å². The van der Waals surface area contributed by atoms with Crippen LogP contribution in [0.5, 0.6) is 0 Å². The molecule has 1 atom stereocenters. The van der Waals surface area contributed by atoms with Crippen LogP contribution in [0.1, 0.15) is 29.2 Å². The summed E-state index contributed by atoms with van der Waals surface area (Å²) in [6, 6.07) is 4.12. The standard InChI is InChI=1S/C19H25N5O/c1-14-21-17-3-2-16(12-18(17)22-14)19(25)24-10-8-23(9-11-24)13-15-4-6-20-7-5-15/h4-7,16H,2-3,8-13H2,1H3,(H,21,22)/t16-/m1/s1. The SMILES string of the molecule is Cc1nc2c([nH]1)C[C@H](C(=O)N1CCN(Cc3ccncc3)CC1)CC2. The number of aromatic nitrogens is 3. The van der Waals surface area contributed by atoms with Gasteiger partial charge in [0.2, 0.25) is 5.91 Å². The van der Waals surface area contributed by atoms with Crippen LogP contribution in [0.2, 0.25) is 0 Å². The number of hydrogen-bond acceptors (Lipinski definition) is 4. The van der Waals surface area contributed by atoms with Gasteiger partial charge < -0.3 is 9.88 Å². The Bertz CT molecular complexity index is 734. The number of imidazole rings is 1. The molecule has 4 rings (SSSR count). The van der Waals surface area contributed by atoms with Crippen molar-refractivity contribution in [1.82, 2.24) is 24.8 Å². The van der Waals surface area contributed by atoms with E-state index in [0.717, 1.165) is 63.5 Å². The number of carbonyl (C=O) groups excluding carboxylic acids is 1. The molecule has 1 saturated heterocycles. The lowest BCUT2D eigenvalue weighted by molar-refractivity contribution is -0.137. The first-order chi connectivity index (χ1) is 12.2. The smallest absolute Gasteiger partial charge is 0.226 e. The summed E-state index contributed by atoms with van der Waals surface area (Å²) in [5.41, 5.74) is 3.60. The summed E-state index contributed by atoms with van der Waals surface area (Å²) in [6.07, 6.45) is 6.32. The molecule has 132 valence electrons. The molecule has 1 fully saturated rings. The number of rotatable bonds is 3. The van der Waals surface area contributed by atoms with Crippen molar-refractivity contribution in [3.63, 3.8) is 0 Å². The van der Waals surface area contributed by atoms with Crippen LogP contribution in [-0.4, -0.2) is 56.8 Å². The summed E-state index contributed by atoms with van der Waals surface area (Å²) >= 11 is 0. The number of pyridine rings is 1. The number of fused-ring (bicyclic) bond motifs is 1. The second kappa shape index (κ2) is 6.96. The van der Waals surface area contributed by atoms with Gasteiger partial charge in [-0.2, -0.15) is 0 Å². The minimum atomic E-state index is 0.110. The largest absolute Gasteiger partial charge is 0.346 e. The first-order valence-electron chi connectivity index (χ1n) is 9.13. The highest BCUT2D eigenvalue weighted by atomic mass is 16.2. The fourth-order valence-corrected chi connectivity index (χ4v) is 3.97. The van der Waals surface area contributed by atoms with Gasteiger partial charge in [-0.3, -0.25) is 14.7 Å². The molecule has 0 bridgehead atoms. The molecular formula is C19H25N5O. The van der Waals surface area contributed by atoms with E-state index in [-0.39, 0.29) is 5.92 Å². The first kappa shape index (κ1) is 16.3. The fraction of sp³-hybridized carbons (Fsp3) is 0.526. The van der Waals surface area contributed by atoms with E-state index in [0.29, 0.717) is 5.91 Å². The molecule has 0 radical (unpaired) electrons. The molecule has 3 heterocycles. The minimum absolute atomic E-state index is 0.110. The Balaban J connectivity index is 1.31. The maximum absolute atomic E-state index is 12.9. The summed E-state index contributed by atoms with van der Waals surface area (Å²) < 4.78 is 0. The maximum atomic E-state index is 12.9. The Morgan fingerprint density at radius 3 is 2.76 bits per heavy atom. The summed E-state index contributed by atoms with van der Waals surface area (Å²) in [5, 5.41) is 0. The van der Waals surface area contributed by atoms with Gasteiger partial charge in [-0.25, -0.2) is 4.98 Å². The van der Waals surface area contributed by atoms with Gasteiger partial charge in [-0.15, -0.1) is 0 Å². The third kappa shape index (κ3) is 3.58. The van der Waals surface area contributed by atoms with Gasteiger partial charge in [0.15, 0.2) is 0 Å². The molecule has 1 amide bonds. The molecule has 2 aliphatic rings. The highest BCUT2D eigenvalue weighted by Crippen LogP contribution is 2.26. The molecule has 0 saturated carbocycles. The number of aryl methyl sites for hydroxylation is 2. The second-order valence-electron chi connectivity index (χ2n) is 7.14. The van der Waals surface area contributed by atoms with Crippen molar-refractivity contribution in [2.75, 3.05) is 26.2 Å². The van der Waals surface area contributed by atoms with E-state index in [1.165, 1.54) is 11.3 Å². The molecule has 0 unspecified atom stereocenters.